The molecule has 0 unspecified atom stereocenters. The lowest BCUT2D eigenvalue weighted by molar-refractivity contribution is 0.0698. The van der Waals surface area contributed by atoms with Crippen molar-refractivity contribution in [2.75, 3.05) is 54.2 Å². The average molecular weight is 451 g/mol. The van der Waals surface area contributed by atoms with Crippen LogP contribution in [0, 0.1) is 0 Å². The molecule has 1 aromatic rings. The average Bonchev–Trinajstić information content (AvgIpc) is 2.60. The van der Waals surface area contributed by atoms with E-state index in [1.807, 2.05) is 12.1 Å². The summed E-state index contributed by atoms with van der Waals surface area (Å²) in [4.78, 5) is 4.21. The van der Waals surface area contributed by atoms with Gasteiger partial charge in [-0.05, 0) is 30.5 Å². The van der Waals surface area contributed by atoms with Crippen molar-refractivity contribution in [2.24, 2.45) is 4.99 Å². The van der Waals surface area contributed by atoms with Crippen LogP contribution >= 0.6 is 24.0 Å². The first kappa shape index (κ1) is 22.9. The Balaban J connectivity index is 0.00000529. The lowest BCUT2D eigenvalue weighted by atomic mass is 10.1. The Kier molecular flexibility index (Phi) is 14.8. The summed E-state index contributed by atoms with van der Waals surface area (Å²) in [6.07, 6.45) is 1.87. The van der Waals surface area contributed by atoms with Crippen LogP contribution in [0.1, 0.15) is 12.0 Å². The lowest BCUT2D eigenvalue weighted by Crippen LogP contribution is -2.39. The Morgan fingerprint density at radius 1 is 1.00 bits per heavy atom. The molecule has 0 heterocycles. The van der Waals surface area contributed by atoms with Gasteiger partial charge in [0.15, 0.2) is 5.96 Å². The van der Waals surface area contributed by atoms with Gasteiger partial charge in [0.1, 0.15) is 5.75 Å². The molecule has 0 atom stereocenters. The minimum atomic E-state index is 0. The van der Waals surface area contributed by atoms with Gasteiger partial charge in [0, 0.05) is 33.9 Å². The van der Waals surface area contributed by atoms with Crippen molar-refractivity contribution >= 4 is 29.9 Å². The van der Waals surface area contributed by atoms with E-state index < -0.39 is 0 Å². The smallest absolute Gasteiger partial charge is 0.190 e. The highest BCUT2D eigenvalue weighted by molar-refractivity contribution is 14.0. The summed E-state index contributed by atoms with van der Waals surface area (Å²) in [7, 11) is 5.12. The maximum absolute atomic E-state index is 5.41. The Hall–Kier alpha value is -1.06. The first-order chi connectivity index (χ1) is 11.3. The third kappa shape index (κ3) is 10.7. The molecule has 0 fully saturated rings. The van der Waals surface area contributed by atoms with Crippen molar-refractivity contribution in [3.05, 3.63) is 29.8 Å². The van der Waals surface area contributed by atoms with E-state index in [1.54, 1.807) is 21.3 Å². The van der Waals surface area contributed by atoms with E-state index in [2.05, 4.69) is 27.8 Å². The van der Waals surface area contributed by atoms with Gasteiger partial charge in [-0.15, -0.1) is 24.0 Å². The predicted octanol–water partition coefficient (Wildman–Crippen LogP) is 2.07. The number of rotatable bonds is 11. The molecule has 138 valence electrons. The summed E-state index contributed by atoms with van der Waals surface area (Å²) in [6, 6.07) is 8.11. The van der Waals surface area contributed by atoms with E-state index in [4.69, 9.17) is 14.2 Å². The van der Waals surface area contributed by atoms with Gasteiger partial charge in [0.25, 0.3) is 0 Å². The molecule has 6 nitrogen and oxygen atoms in total. The normalized spacial score (nSPS) is 10.9. The van der Waals surface area contributed by atoms with Gasteiger partial charge in [0.2, 0.25) is 0 Å². The van der Waals surface area contributed by atoms with Crippen LogP contribution in [0.4, 0.5) is 0 Å². The van der Waals surface area contributed by atoms with Crippen molar-refractivity contribution < 1.29 is 14.2 Å². The van der Waals surface area contributed by atoms with E-state index in [9.17, 15) is 0 Å². The Bertz CT molecular complexity index is 441. The number of methoxy groups -OCH3 is 2. The maximum atomic E-state index is 5.41. The van der Waals surface area contributed by atoms with E-state index in [-0.39, 0.29) is 24.0 Å². The summed E-state index contributed by atoms with van der Waals surface area (Å²) in [5.41, 5.74) is 1.26. The molecular formula is C17H30IN3O3. The van der Waals surface area contributed by atoms with Gasteiger partial charge in [-0.1, -0.05) is 12.1 Å². The number of halogens is 1. The molecule has 0 bridgehead atoms. The monoisotopic (exact) mass is 451 g/mol. The lowest BCUT2D eigenvalue weighted by Gasteiger charge is -2.12. The van der Waals surface area contributed by atoms with Gasteiger partial charge in [-0.3, -0.25) is 4.99 Å². The molecule has 0 spiro atoms. The SMILES string of the molecule is CN=C(NCCCOCCOC)NCCc1ccc(OC)cc1.I. The Morgan fingerprint density at radius 2 is 1.71 bits per heavy atom. The number of hydrogen-bond donors (Lipinski definition) is 2. The molecule has 2 N–H and O–H groups in total. The molecular weight excluding hydrogens is 421 g/mol. The highest BCUT2D eigenvalue weighted by atomic mass is 127. The minimum absolute atomic E-state index is 0. The number of nitrogens with zero attached hydrogens (tertiary/aromatic N) is 1. The van der Waals surface area contributed by atoms with Gasteiger partial charge in [-0.2, -0.15) is 0 Å². The number of benzene rings is 1. The van der Waals surface area contributed by atoms with Crippen molar-refractivity contribution in [2.45, 2.75) is 12.8 Å². The topological polar surface area (TPSA) is 64.1 Å². The summed E-state index contributed by atoms with van der Waals surface area (Å²) < 4.78 is 15.5. The second-order valence-corrected chi connectivity index (χ2v) is 4.98. The molecule has 0 saturated carbocycles. The molecule has 1 rings (SSSR count). The third-order valence-corrected chi connectivity index (χ3v) is 3.28. The van der Waals surface area contributed by atoms with E-state index >= 15 is 0 Å². The largest absolute Gasteiger partial charge is 0.497 e. The van der Waals surface area contributed by atoms with Gasteiger partial charge in [-0.25, -0.2) is 0 Å². The molecule has 0 amide bonds. The number of guanidine groups is 1. The fraction of sp³-hybridized carbons (Fsp3) is 0.588. The first-order valence-electron chi connectivity index (χ1n) is 7.94. The molecule has 24 heavy (non-hydrogen) atoms. The molecule has 0 radical (unpaired) electrons. The standard InChI is InChI=1S/C17H29N3O3.HI/c1-18-17(19-10-4-12-23-14-13-21-2)20-11-9-15-5-7-16(22-3)8-6-15;/h5-8H,4,9-14H2,1-3H3,(H2,18,19,20);1H. The summed E-state index contributed by atoms with van der Waals surface area (Å²) in [5, 5.41) is 6.58. The van der Waals surface area contributed by atoms with Crippen molar-refractivity contribution in [1.29, 1.82) is 0 Å². The summed E-state index contributed by atoms with van der Waals surface area (Å²) in [6.45, 7) is 3.66. The van der Waals surface area contributed by atoms with E-state index in [0.29, 0.717) is 13.2 Å². The van der Waals surface area contributed by atoms with E-state index in [0.717, 1.165) is 44.2 Å². The summed E-state index contributed by atoms with van der Waals surface area (Å²) in [5.74, 6) is 1.70. The fourth-order valence-electron chi connectivity index (χ4n) is 1.96. The van der Waals surface area contributed by atoms with E-state index in [1.165, 1.54) is 5.56 Å². The first-order valence-corrected chi connectivity index (χ1v) is 7.94. The molecule has 0 aromatic heterocycles. The second kappa shape index (κ2) is 15.5. The van der Waals surface area contributed by atoms with Crippen molar-refractivity contribution in [1.82, 2.24) is 10.6 Å². The zero-order valence-corrected chi connectivity index (χ0v) is 17.2. The summed E-state index contributed by atoms with van der Waals surface area (Å²) >= 11 is 0. The highest BCUT2D eigenvalue weighted by Crippen LogP contribution is 2.11. The number of ether oxygens (including phenoxy) is 3. The number of aliphatic imine (C=N–C) groups is 1. The molecule has 7 heteroatoms. The molecule has 0 saturated heterocycles. The number of nitrogens with one attached hydrogen (secondary N) is 2. The van der Waals surface area contributed by atoms with Gasteiger partial charge < -0.3 is 24.8 Å². The Labute approximate surface area is 162 Å². The van der Waals surface area contributed by atoms with Crippen LogP contribution in [0.5, 0.6) is 5.75 Å². The van der Waals surface area contributed by atoms with Crippen LogP contribution in [-0.4, -0.2) is 60.1 Å². The molecule has 1 aromatic carbocycles. The quantitative estimate of drug-likeness (QED) is 0.234. The van der Waals surface area contributed by atoms with Crippen LogP contribution in [0.25, 0.3) is 0 Å². The minimum Gasteiger partial charge on any atom is -0.497 e. The number of hydrogen-bond acceptors (Lipinski definition) is 4. The van der Waals surface area contributed by atoms with Crippen molar-refractivity contribution in [3.8, 4) is 5.75 Å². The van der Waals surface area contributed by atoms with Crippen LogP contribution < -0.4 is 15.4 Å². The molecule has 0 aliphatic heterocycles. The Morgan fingerprint density at radius 3 is 2.33 bits per heavy atom. The predicted molar refractivity (Wildman–Crippen MR) is 109 cm³/mol. The molecule has 0 aliphatic rings. The van der Waals surface area contributed by atoms with Crippen molar-refractivity contribution in [3.63, 3.8) is 0 Å². The fourth-order valence-corrected chi connectivity index (χ4v) is 1.96. The van der Waals surface area contributed by atoms with Gasteiger partial charge in [0.05, 0.1) is 20.3 Å². The van der Waals surface area contributed by atoms with Gasteiger partial charge >= 0.3 is 0 Å². The molecule has 0 aliphatic carbocycles. The maximum Gasteiger partial charge on any atom is 0.190 e. The zero-order chi connectivity index (χ0) is 16.8. The van der Waals surface area contributed by atoms with Crippen LogP contribution in [-0.2, 0) is 15.9 Å². The van der Waals surface area contributed by atoms with Crippen LogP contribution in [0.3, 0.4) is 0 Å². The third-order valence-electron chi connectivity index (χ3n) is 3.28. The second-order valence-electron chi connectivity index (χ2n) is 4.98. The highest BCUT2D eigenvalue weighted by Gasteiger charge is 1.98. The zero-order valence-electron chi connectivity index (χ0n) is 14.8. The van der Waals surface area contributed by atoms with Crippen LogP contribution in [0.2, 0.25) is 0 Å². The van der Waals surface area contributed by atoms with Crippen LogP contribution in [0.15, 0.2) is 29.3 Å².